The molecule has 1 heterocycles. The minimum absolute atomic E-state index is 0.313. The van der Waals surface area contributed by atoms with Gasteiger partial charge in [0.2, 0.25) is 0 Å². The number of cyclic esters (lactones) is 1. The number of carbonyl (C=O) groups is 1. The Balaban J connectivity index is 2.21. The highest BCUT2D eigenvalue weighted by molar-refractivity contribution is 5.92. The smallest absolute Gasteiger partial charge is 0.334 e. The summed E-state index contributed by atoms with van der Waals surface area (Å²) >= 11 is 0. The van der Waals surface area contributed by atoms with E-state index in [0.717, 1.165) is 25.7 Å². The average molecular weight is 226 g/mol. The van der Waals surface area contributed by atoms with Crippen molar-refractivity contribution in [3.05, 3.63) is 11.1 Å². The first-order valence-electron chi connectivity index (χ1n) is 5.87. The molecule has 4 heteroatoms. The fourth-order valence-electron chi connectivity index (χ4n) is 2.46. The van der Waals surface area contributed by atoms with Crippen LogP contribution in [0.3, 0.4) is 0 Å². The van der Waals surface area contributed by atoms with Crippen LogP contribution in [0.4, 0.5) is 0 Å². The van der Waals surface area contributed by atoms with Gasteiger partial charge in [-0.15, -0.1) is 0 Å². The van der Waals surface area contributed by atoms with Crippen LogP contribution in [0.15, 0.2) is 11.1 Å². The van der Waals surface area contributed by atoms with E-state index in [4.69, 9.17) is 4.74 Å². The largest absolute Gasteiger partial charge is 0.450 e. The fourth-order valence-corrected chi connectivity index (χ4v) is 2.46. The molecule has 0 aromatic rings. The Morgan fingerprint density at radius 3 is 2.25 bits per heavy atom. The number of carbonyl (C=O) groups excluding carboxylic acids is 1. The molecule has 1 aliphatic carbocycles. The maximum absolute atomic E-state index is 11.7. The van der Waals surface area contributed by atoms with Crippen molar-refractivity contribution in [1.29, 1.82) is 0 Å². The van der Waals surface area contributed by atoms with Crippen molar-refractivity contribution in [3.63, 3.8) is 0 Å². The third-order valence-electron chi connectivity index (χ3n) is 3.51. The number of hydrogen-bond acceptors (Lipinski definition) is 4. The molecule has 0 unspecified atom stereocenters. The molecule has 0 radical (unpaired) electrons. The summed E-state index contributed by atoms with van der Waals surface area (Å²) in [6, 6.07) is 0. The molecule has 1 saturated heterocycles. The normalized spacial score (nSPS) is 24.8. The minimum atomic E-state index is -1.07. The predicted octanol–water partition coefficient (Wildman–Crippen LogP) is 0.917. The molecule has 0 aromatic carbocycles. The molecule has 0 amide bonds. The Hall–Kier alpha value is -0.870. The summed E-state index contributed by atoms with van der Waals surface area (Å²) in [5.74, 6) is -0.347. The first kappa shape index (κ1) is 11.6. The van der Waals surface area contributed by atoms with Gasteiger partial charge in [0.25, 0.3) is 0 Å². The number of aliphatic hydroxyl groups is 2. The fraction of sp³-hybridized carbons (Fsp3) is 0.750. The van der Waals surface area contributed by atoms with Gasteiger partial charge in [0, 0.05) is 12.0 Å². The second-order valence-corrected chi connectivity index (χ2v) is 4.71. The quantitative estimate of drug-likeness (QED) is 0.542. The molecule has 0 spiro atoms. The molecule has 2 fully saturated rings. The van der Waals surface area contributed by atoms with E-state index in [1.807, 2.05) is 0 Å². The zero-order valence-electron chi connectivity index (χ0n) is 9.37. The van der Waals surface area contributed by atoms with Crippen LogP contribution in [0, 0.1) is 0 Å². The lowest BCUT2D eigenvalue weighted by molar-refractivity contribution is -0.154. The SMILES string of the molecule is O=C1OC(CO)(CO)CC1=C1CCCCC1. The third kappa shape index (κ3) is 1.99. The van der Waals surface area contributed by atoms with Crippen molar-refractivity contribution in [3.8, 4) is 0 Å². The lowest BCUT2D eigenvalue weighted by Gasteiger charge is -2.21. The Labute approximate surface area is 94.9 Å². The van der Waals surface area contributed by atoms with Crippen molar-refractivity contribution in [1.82, 2.24) is 0 Å². The van der Waals surface area contributed by atoms with Gasteiger partial charge >= 0.3 is 5.97 Å². The zero-order valence-corrected chi connectivity index (χ0v) is 9.37. The van der Waals surface area contributed by atoms with E-state index < -0.39 is 5.60 Å². The Bertz CT molecular complexity index is 307. The molecule has 16 heavy (non-hydrogen) atoms. The topological polar surface area (TPSA) is 66.8 Å². The van der Waals surface area contributed by atoms with Crippen LogP contribution < -0.4 is 0 Å². The molecule has 1 saturated carbocycles. The second kappa shape index (κ2) is 4.55. The summed E-state index contributed by atoms with van der Waals surface area (Å²) in [5.41, 5.74) is 0.791. The van der Waals surface area contributed by atoms with Crippen molar-refractivity contribution < 1.29 is 19.7 Å². The zero-order chi connectivity index (χ0) is 11.6. The lowest BCUT2D eigenvalue weighted by atomic mass is 9.88. The van der Waals surface area contributed by atoms with Crippen molar-refractivity contribution >= 4 is 5.97 Å². The first-order chi connectivity index (χ1) is 7.71. The van der Waals surface area contributed by atoms with Crippen LogP contribution in [0.5, 0.6) is 0 Å². The molecular weight excluding hydrogens is 208 g/mol. The van der Waals surface area contributed by atoms with Crippen LogP contribution in [0.1, 0.15) is 38.5 Å². The number of hydrogen-bond donors (Lipinski definition) is 2. The molecule has 1 aliphatic heterocycles. The van der Waals surface area contributed by atoms with Gasteiger partial charge in [-0.25, -0.2) is 4.79 Å². The van der Waals surface area contributed by atoms with Crippen molar-refractivity contribution in [2.45, 2.75) is 44.1 Å². The number of ether oxygens (including phenoxy) is 1. The standard InChI is InChI=1S/C12H18O4/c13-7-12(8-14)6-10(11(15)16-12)9-4-2-1-3-5-9/h13-14H,1-8H2. The number of esters is 1. The number of aliphatic hydroxyl groups excluding tert-OH is 2. The van der Waals surface area contributed by atoms with Gasteiger partial charge in [0.05, 0.1) is 13.2 Å². The van der Waals surface area contributed by atoms with Gasteiger partial charge in [-0.1, -0.05) is 12.0 Å². The first-order valence-corrected chi connectivity index (χ1v) is 5.87. The lowest BCUT2D eigenvalue weighted by Crippen LogP contribution is -2.37. The van der Waals surface area contributed by atoms with Gasteiger partial charge in [0.1, 0.15) is 0 Å². The Kier molecular flexibility index (Phi) is 3.30. The maximum atomic E-state index is 11.7. The molecule has 2 aliphatic rings. The summed E-state index contributed by atoms with van der Waals surface area (Å²) < 4.78 is 5.12. The molecule has 0 bridgehead atoms. The number of rotatable bonds is 2. The predicted molar refractivity (Wildman–Crippen MR) is 57.7 cm³/mol. The van der Waals surface area contributed by atoms with Gasteiger partial charge < -0.3 is 14.9 Å². The molecule has 0 aromatic heterocycles. The van der Waals surface area contributed by atoms with Crippen molar-refractivity contribution in [2.75, 3.05) is 13.2 Å². The molecule has 90 valence electrons. The van der Waals surface area contributed by atoms with E-state index >= 15 is 0 Å². The van der Waals surface area contributed by atoms with E-state index in [2.05, 4.69) is 0 Å². The highest BCUT2D eigenvalue weighted by Crippen LogP contribution is 2.36. The van der Waals surface area contributed by atoms with Gasteiger partial charge in [-0.2, -0.15) is 0 Å². The maximum Gasteiger partial charge on any atom is 0.334 e. The average Bonchev–Trinajstić information content (AvgIpc) is 2.69. The summed E-state index contributed by atoms with van der Waals surface area (Å²) in [6.07, 6.45) is 5.73. The second-order valence-electron chi connectivity index (χ2n) is 4.71. The van der Waals surface area contributed by atoms with E-state index in [9.17, 15) is 15.0 Å². The molecule has 4 nitrogen and oxygen atoms in total. The summed E-state index contributed by atoms with van der Waals surface area (Å²) in [4.78, 5) is 11.7. The Morgan fingerprint density at radius 2 is 1.75 bits per heavy atom. The van der Waals surface area contributed by atoms with E-state index in [1.54, 1.807) is 0 Å². The molecule has 2 N–H and O–H groups in total. The molecule has 2 rings (SSSR count). The summed E-state index contributed by atoms with van der Waals surface area (Å²) in [5, 5.41) is 18.4. The van der Waals surface area contributed by atoms with Gasteiger partial charge in [-0.3, -0.25) is 0 Å². The van der Waals surface area contributed by atoms with Crippen LogP contribution in [-0.4, -0.2) is 35.0 Å². The van der Waals surface area contributed by atoms with E-state index in [1.165, 1.54) is 12.0 Å². The Morgan fingerprint density at radius 1 is 1.12 bits per heavy atom. The highest BCUT2D eigenvalue weighted by Gasteiger charge is 2.44. The van der Waals surface area contributed by atoms with E-state index in [0.29, 0.717) is 12.0 Å². The number of allylic oxidation sites excluding steroid dienone is 1. The van der Waals surface area contributed by atoms with Gasteiger partial charge in [0.15, 0.2) is 5.60 Å². The summed E-state index contributed by atoms with van der Waals surface area (Å²) in [7, 11) is 0. The van der Waals surface area contributed by atoms with Crippen LogP contribution >= 0.6 is 0 Å². The van der Waals surface area contributed by atoms with Crippen LogP contribution in [-0.2, 0) is 9.53 Å². The van der Waals surface area contributed by atoms with Gasteiger partial charge in [-0.05, 0) is 25.7 Å². The molecule has 0 atom stereocenters. The van der Waals surface area contributed by atoms with Crippen LogP contribution in [0.2, 0.25) is 0 Å². The summed E-state index contributed by atoms with van der Waals surface area (Å²) in [6.45, 7) is -0.627. The van der Waals surface area contributed by atoms with E-state index in [-0.39, 0.29) is 19.2 Å². The minimum Gasteiger partial charge on any atom is -0.450 e. The van der Waals surface area contributed by atoms with Crippen LogP contribution in [0.25, 0.3) is 0 Å². The monoisotopic (exact) mass is 226 g/mol. The highest BCUT2D eigenvalue weighted by atomic mass is 16.6. The van der Waals surface area contributed by atoms with Crippen molar-refractivity contribution in [2.24, 2.45) is 0 Å². The third-order valence-corrected chi connectivity index (χ3v) is 3.51. The molecular formula is C12H18O4.